The van der Waals surface area contributed by atoms with Crippen molar-refractivity contribution in [2.75, 3.05) is 40.5 Å². The van der Waals surface area contributed by atoms with Crippen molar-refractivity contribution in [1.82, 2.24) is 25.1 Å². The third kappa shape index (κ3) is 10.8. The predicted molar refractivity (Wildman–Crippen MR) is 246 cm³/mol. The molecule has 2 amide bonds. The number of pyridine rings is 2. The fourth-order valence-corrected chi connectivity index (χ4v) is 9.33. The van der Waals surface area contributed by atoms with E-state index in [2.05, 4.69) is 50.1 Å². The molecule has 2 aromatic carbocycles. The van der Waals surface area contributed by atoms with E-state index in [1.165, 1.54) is 23.1 Å². The molecule has 61 heavy (non-hydrogen) atoms. The first kappa shape index (κ1) is 46.6. The summed E-state index contributed by atoms with van der Waals surface area (Å²) < 4.78 is 24.0. The topological polar surface area (TPSA) is 115 Å². The highest BCUT2D eigenvalue weighted by Gasteiger charge is 2.37. The molecule has 0 spiro atoms. The summed E-state index contributed by atoms with van der Waals surface area (Å²) in [5, 5.41) is 4.27. The van der Waals surface area contributed by atoms with Crippen LogP contribution in [0.1, 0.15) is 71.1 Å². The Morgan fingerprint density at radius 2 is 1.69 bits per heavy atom. The number of benzene rings is 2. The molecule has 11 nitrogen and oxygen atoms in total. The molecular formula is C46H58Cl3N5O6Si. The zero-order valence-corrected chi connectivity index (χ0v) is 40.2. The van der Waals surface area contributed by atoms with E-state index >= 15 is 0 Å². The van der Waals surface area contributed by atoms with Gasteiger partial charge in [-0.15, -0.1) is 0 Å². The molecule has 0 saturated carbocycles. The van der Waals surface area contributed by atoms with Crippen molar-refractivity contribution in [2.24, 2.45) is 0 Å². The van der Waals surface area contributed by atoms with Gasteiger partial charge < -0.3 is 28.9 Å². The van der Waals surface area contributed by atoms with Gasteiger partial charge in [0.2, 0.25) is 11.8 Å². The summed E-state index contributed by atoms with van der Waals surface area (Å²) >= 11 is 21.5. The SMILES string of the molecule is COc1cc(-c2nccc(-c3cccc(-c4cc(Cl)c(CN(C[C@@H]5CCC(=O)N5)C(=O)OC(C)(C)C)c(OC)n4)c3Cl)c2Cl)cc2c1CN(CCO[Si](C)(C)C(C)(C)C)CC2. The molecule has 2 aliphatic heterocycles. The van der Waals surface area contributed by atoms with Crippen LogP contribution in [0.25, 0.3) is 33.6 Å². The number of aromatic nitrogens is 2. The van der Waals surface area contributed by atoms with Crippen LogP contribution in [0, 0.1) is 0 Å². The Morgan fingerprint density at radius 3 is 2.34 bits per heavy atom. The summed E-state index contributed by atoms with van der Waals surface area (Å²) in [6.07, 6.45) is 3.05. The average Bonchev–Trinajstić information content (AvgIpc) is 3.60. The quantitative estimate of drug-likeness (QED) is 0.131. The molecule has 0 bridgehead atoms. The first-order valence-corrected chi connectivity index (χ1v) is 24.7. The number of amides is 2. The van der Waals surface area contributed by atoms with Crippen LogP contribution in [-0.4, -0.2) is 92.2 Å². The van der Waals surface area contributed by atoms with Gasteiger partial charge in [0.05, 0.1) is 52.8 Å². The van der Waals surface area contributed by atoms with Crippen LogP contribution in [0.5, 0.6) is 11.6 Å². The number of carbonyl (C=O) groups is 2. The molecular weight excluding hydrogens is 853 g/mol. The minimum absolute atomic E-state index is 0.0395. The Balaban J connectivity index is 1.26. The Hall–Kier alpha value is -3.91. The van der Waals surface area contributed by atoms with Crippen molar-refractivity contribution in [3.63, 3.8) is 0 Å². The van der Waals surface area contributed by atoms with Gasteiger partial charge >= 0.3 is 6.09 Å². The van der Waals surface area contributed by atoms with Crippen LogP contribution >= 0.6 is 34.8 Å². The van der Waals surface area contributed by atoms with Gasteiger partial charge in [-0.3, -0.25) is 14.7 Å². The number of hydrogen-bond acceptors (Lipinski definition) is 9. The van der Waals surface area contributed by atoms with E-state index in [0.717, 1.165) is 37.4 Å². The molecule has 0 aliphatic carbocycles. The van der Waals surface area contributed by atoms with Gasteiger partial charge in [-0.2, -0.15) is 0 Å². The van der Waals surface area contributed by atoms with Gasteiger partial charge in [0.25, 0.3) is 0 Å². The summed E-state index contributed by atoms with van der Waals surface area (Å²) in [5.74, 6) is 0.969. The van der Waals surface area contributed by atoms with Crippen LogP contribution in [-0.2, 0) is 33.5 Å². The Bertz CT molecular complexity index is 2260. The van der Waals surface area contributed by atoms with Gasteiger partial charge in [-0.05, 0) is 81.6 Å². The molecule has 15 heteroatoms. The Kier molecular flexibility index (Phi) is 14.4. The van der Waals surface area contributed by atoms with Crippen LogP contribution < -0.4 is 14.8 Å². The van der Waals surface area contributed by atoms with Gasteiger partial charge in [-0.1, -0.05) is 73.8 Å². The van der Waals surface area contributed by atoms with Crippen molar-refractivity contribution in [3.8, 4) is 45.3 Å². The second-order valence-electron chi connectivity index (χ2n) is 18.3. The van der Waals surface area contributed by atoms with Gasteiger partial charge in [-0.25, -0.2) is 9.78 Å². The molecule has 1 fully saturated rings. The number of methoxy groups -OCH3 is 2. The lowest BCUT2D eigenvalue weighted by Gasteiger charge is -2.37. The third-order valence-electron chi connectivity index (χ3n) is 11.8. The maximum Gasteiger partial charge on any atom is 0.410 e. The molecule has 328 valence electrons. The third-order valence-corrected chi connectivity index (χ3v) is 17.4. The molecule has 4 aromatic rings. The summed E-state index contributed by atoms with van der Waals surface area (Å²) in [4.78, 5) is 38.9. The molecule has 6 rings (SSSR count). The Labute approximate surface area is 376 Å². The Morgan fingerprint density at radius 1 is 0.967 bits per heavy atom. The number of fused-ring (bicyclic) bond motifs is 1. The lowest BCUT2D eigenvalue weighted by Crippen LogP contribution is -2.43. The number of nitrogens with zero attached hydrogens (tertiary/aromatic N) is 4. The van der Waals surface area contributed by atoms with Gasteiger partial charge in [0.15, 0.2) is 8.32 Å². The summed E-state index contributed by atoms with van der Waals surface area (Å²) in [5.41, 5.74) is 6.05. The summed E-state index contributed by atoms with van der Waals surface area (Å²) in [7, 11) is 1.37. The second-order valence-corrected chi connectivity index (χ2v) is 24.3. The maximum atomic E-state index is 13.4. The van der Waals surface area contributed by atoms with Crippen LogP contribution in [0.15, 0.2) is 48.7 Å². The molecule has 1 N–H and O–H groups in total. The molecule has 4 heterocycles. The van der Waals surface area contributed by atoms with E-state index in [1.807, 2.05) is 30.3 Å². The largest absolute Gasteiger partial charge is 0.496 e. The number of halogens is 3. The lowest BCUT2D eigenvalue weighted by molar-refractivity contribution is -0.119. The van der Waals surface area contributed by atoms with Crippen molar-refractivity contribution in [2.45, 2.75) is 104 Å². The maximum absolute atomic E-state index is 13.4. The smallest absolute Gasteiger partial charge is 0.410 e. The normalized spacial score (nSPS) is 16.0. The van der Waals surface area contributed by atoms with Crippen LogP contribution in [0.2, 0.25) is 33.2 Å². The van der Waals surface area contributed by atoms with E-state index in [1.54, 1.807) is 40.1 Å². The zero-order chi connectivity index (χ0) is 44.4. The predicted octanol–water partition coefficient (Wildman–Crippen LogP) is 10.9. The van der Waals surface area contributed by atoms with Gasteiger partial charge in [0, 0.05) is 79.3 Å². The number of carbonyl (C=O) groups excluding carboxylic acids is 2. The fraction of sp³-hybridized carbons (Fsp3) is 0.478. The van der Waals surface area contributed by atoms with Crippen molar-refractivity contribution in [1.29, 1.82) is 0 Å². The number of rotatable bonds is 13. The summed E-state index contributed by atoms with van der Waals surface area (Å²) in [6, 6.07) is 13.2. The molecule has 0 radical (unpaired) electrons. The van der Waals surface area contributed by atoms with Crippen molar-refractivity contribution >= 4 is 55.1 Å². The highest BCUT2D eigenvalue weighted by molar-refractivity contribution is 6.74. The number of ether oxygens (including phenoxy) is 3. The monoisotopic (exact) mass is 909 g/mol. The van der Waals surface area contributed by atoms with E-state index in [9.17, 15) is 9.59 Å². The standard InChI is InChI=1S/C46H58Cl3N5O6Si/c1-45(2,3)60-44(56)54(25-30-14-15-39(55)51-30)27-35-36(47)24-37(52-43(35)58-8)33-13-11-12-31(40(33)48)32-16-18-50-42(41(32)49)29-22-28-17-19-53(26-34(28)38(23-29)57-7)20-21-59-61(9,10)46(4,5)6/h11-13,16,18,22-24,30H,14-15,17,19-21,25-27H2,1-10H3,(H,51,55)/t30-/m0/s1. The van der Waals surface area contributed by atoms with Crippen LogP contribution in [0.4, 0.5) is 4.79 Å². The van der Waals surface area contributed by atoms with E-state index in [4.69, 9.17) is 63.4 Å². The summed E-state index contributed by atoms with van der Waals surface area (Å²) in [6.45, 7) is 20.3. The molecule has 1 atom stereocenters. The van der Waals surface area contributed by atoms with Crippen LogP contribution in [0.3, 0.4) is 0 Å². The minimum atomic E-state index is -1.83. The minimum Gasteiger partial charge on any atom is -0.496 e. The van der Waals surface area contributed by atoms with Gasteiger partial charge in [0.1, 0.15) is 11.4 Å². The van der Waals surface area contributed by atoms with E-state index in [0.29, 0.717) is 68.2 Å². The molecule has 0 unspecified atom stereocenters. The fourth-order valence-electron chi connectivity index (χ4n) is 7.40. The van der Waals surface area contributed by atoms with Crippen molar-refractivity contribution in [3.05, 3.63) is 80.4 Å². The lowest BCUT2D eigenvalue weighted by atomic mass is 9.94. The van der Waals surface area contributed by atoms with E-state index < -0.39 is 20.0 Å². The van der Waals surface area contributed by atoms with E-state index in [-0.39, 0.29) is 36.0 Å². The average molecular weight is 911 g/mol. The molecule has 1 saturated heterocycles. The first-order valence-electron chi connectivity index (χ1n) is 20.7. The highest BCUT2D eigenvalue weighted by atomic mass is 35.5. The number of hydrogen-bond donors (Lipinski definition) is 1. The first-order chi connectivity index (χ1) is 28.7. The molecule has 2 aliphatic rings. The van der Waals surface area contributed by atoms with Crippen molar-refractivity contribution < 1.29 is 28.2 Å². The number of nitrogens with one attached hydrogen (secondary N) is 1. The second kappa shape index (κ2) is 18.8. The highest BCUT2D eigenvalue weighted by Crippen LogP contribution is 2.44. The zero-order valence-electron chi connectivity index (χ0n) is 36.9. The molecule has 2 aromatic heterocycles.